The van der Waals surface area contributed by atoms with Gasteiger partial charge in [0.15, 0.2) is 0 Å². The lowest BCUT2D eigenvalue weighted by atomic mass is 10.2. The zero-order chi connectivity index (χ0) is 22.5. The molecule has 0 bridgehead atoms. The van der Waals surface area contributed by atoms with Gasteiger partial charge in [-0.2, -0.15) is 0 Å². The molecule has 0 spiro atoms. The van der Waals surface area contributed by atoms with Crippen molar-refractivity contribution in [2.24, 2.45) is 0 Å². The van der Waals surface area contributed by atoms with Gasteiger partial charge < -0.3 is 20.1 Å². The third-order valence-corrected chi connectivity index (χ3v) is 4.71. The number of carbonyl (C=O) groups excluding carboxylic acids is 2. The fourth-order valence-corrected chi connectivity index (χ4v) is 2.78. The molecule has 31 heavy (non-hydrogen) atoms. The zero-order valence-corrected chi connectivity index (χ0v) is 18.8. The minimum atomic E-state index is -0.214. The average Bonchev–Trinajstić information content (AvgIpc) is 2.78. The molecule has 1 unspecified atom stereocenters. The second-order valence-electron chi connectivity index (χ2n) is 7.54. The fraction of sp³-hybridized carbons (Fsp3) is 0.440. The van der Waals surface area contributed by atoms with Gasteiger partial charge in [0.05, 0.1) is 13.2 Å². The molecule has 0 aromatic heterocycles. The second kappa shape index (κ2) is 13.3. The summed E-state index contributed by atoms with van der Waals surface area (Å²) in [6.07, 6.45) is 4.16. The number of hydrogen-bond acceptors (Lipinski definition) is 4. The highest BCUT2D eigenvalue weighted by Crippen LogP contribution is 2.14. The minimum absolute atomic E-state index is 0.185. The molecule has 0 radical (unpaired) electrons. The average molecular weight is 427 g/mol. The Morgan fingerprint density at radius 2 is 1.23 bits per heavy atom. The molecule has 0 fully saturated rings. The molecule has 1 atom stereocenters. The maximum atomic E-state index is 12.4. The van der Waals surface area contributed by atoms with Crippen LogP contribution in [-0.4, -0.2) is 37.6 Å². The molecule has 0 saturated heterocycles. The topological polar surface area (TPSA) is 76.7 Å². The highest BCUT2D eigenvalue weighted by atomic mass is 16.5. The third kappa shape index (κ3) is 8.70. The lowest BCUT2D eigenvalue weighted by Crippen LogP contribution is -2.41. The summed E-state index contributed by atoms with van der Waals surface area (Å²) in [5, 5.41) is 5.75. The molecule has 6 nitrogen and oxygen atoms in total. The van der Waals surface area contributed by atoms with Crippen LogP contribution in [0, 0.1) is 0 Å². The Morgan fingerprint density at radius 3 is 1.68 bits per heavy atom. The summed E-state index contributed by atoms with van der Waals surface area (Å²) in [5.74, 6) is 1.14. The number of rotatable bonds is 13. The number of hydrogen-bond donors (Lipinski definition) is 2. The first-order chi connectivity index (χ1) is 15.0. The Morgan fingerprint density at radius 1 is 0.774 bits per heavy atom. The van der Waals surface area contributed by atoms with Gasteiger partial charge in [0.25, 0.3) is 11.8 Å². The summed E-state index contributed by atoms with van der Waals surface area (Å²) < 4.78 is 11.2. The molecule has 0 heterocycles. The van der Waals surface area contributed by atoms with E-state index in [0.717, 1.165) is 37.2 Å². The number of benzene rings is 2. The van der Waals surface area contributed by atoms with Gasteiger partial charge in [0.1, 0.15) is 11.5 Å². The van der Waals surface area contributed by atoms with Crippen molar-refractivity contribution in [3.8, 4) is 11.5 Å². The van der Waals surface area contributed by atoms with Crippen LogP contribution < -0.4 is 20.1 Å². The number of ether oxygens (including phenoxy) is 2. The molecule has 2 aromatic carbocycles. The standard InChI is InChI=1S/C25H34N2O4/c1-4-6-16-30-22-12-8-20(9-13-22)24(28)26-18-19(3)27-25(29)21-10-14-23(15-11-21)31-17-7-5-2/h8-15,19H,4-7,16-18H2,1-3H3,(H,26,28)(H,27,29). The van der Waals surface area contributed by atoms with Crippen LogP contribution in [0.25, 0.3) is 0 Å². The number of carbonyl (C=O) groups is 2. The quantitative estimate of drug-likeness (QED) is 0.459. The lowest BCUT2D eigenvalue weighted by Gasteiger charge is -2.15. The maximum absolute atomic E-state index is 12.4. The Kier molecular flexibility index (Phi) is 10.4. The van der Waals surface area contributed by atoms with Gasteiger partial charge in [-0.05, 0) is 68.3 Å². The Labute approximate surface area is 185 Å². The number of amides is 2. The van der Waals surface area contributed by atoms with E-state index >= 15 is 0 Å². The first-order valence-electron chi connectivity index (χ1n) is 11.1. The van der Waals surface area contributed by atoms with Crippen LogP contribution in [0.1, 0.15) is 67.2 Å². The van der Waals surface area contributed by atoms with Crippen molar-refractivity contribution < 1.29 is 19.1 Å². The van der Waals surface area contributed by atoms with E-state index in [0.29, 0.717) is 30.9 Å². The Hall–Kier alpha value is -3.02. The van der Waals surface area contributed by atoms with Crippen LogP contribution in [0.15, 0.2) is 48.5 Å². The maximum Gasteiger partial charge on any atom is 0.251 e. The molecule has 0 aliphatic carbocycles. The second-order valence-corrected chi connectivity index (χ2v) is 7.54. The van der Waals surface area contributed by atoms with Crippen molar-refractivity contribution in [2.45, 2.75) is 52.5 Å². The summed E-state index contributed by atoms with van der Waals surface area (Å²) in [5.41, 5.74) is 1.11. The van der Waals surface area contributed by atoms with Gasteiger partial charge >= 0.3 is 0 Å². The van der Waals surface area contributed by atoms with Crippen LogP contribution >= 0.6 is 0 Å². The number of unbranched alkanes of at least 4 members (excludes halogenated alkanes) is 2. The molecule has 2 rings (SSSR count). The van der Waals surface area contributed by atoms with E-state index in [4.69, 9.17) is 9.47 Å². The Balaban J connectivity index is 1.75. The molecular weight excluding hydrogens is 392 g/mol. The van der Waals surface area contributed by atoms with Gasteiger partial charge in [-0.1, -0.05) is 26.7 Å². The fourth-order valence-electron chi connectivity index (χ4n) is 2.78. The molecule has 2 N–H and O–H groups in total. The summed E-state index contributed by atoms with van der Waals surface area (Å²) in [7, 11) is 0. The predicted molar refractivity (Wildman–Crippen MR) is 123 cm³/mol. The van der Waals surface area contributed by atoms with Crippen LogP contribution in [0.3, 0.4) is 0 Å². The Bertz CT molecular complexity index is 803. The smallest absolute Gasteiger partial charge is 0.251 e. The van der Waals surface area contributed by atoms with E-state index < -0.39 is 0 Å². The van der Waals surface area contributed by atoms with Gasteiger partial charge in [0, 0.05) is 23.7 Å². The zero-order valence-electron chi connectivity index (χ0n) is 18.8. The molecule has 2 aromatic rings. The van der Waals surface area contributed by atoms with E-state index in [1.807, 2.05) is 6.92 Å². The van der Waals surface area contributed by atoms with Gasteiger partial charge in [0.2, 0.25) is 0 Å². The first-order valence-corrected chi connectivity index (χ1v) is 11.1. The van der Waals surface area contributed by atoms with Gasteiger partial charge in [-0.3, -0.25) is 9.59 Å². The van der Waals surface area contributed by atoms with Gasteiger partial charge in [-0.25, -0.2) is 0 Å². The normalized spacial score (nSPS) is 11.5. The molecule has 0 aliphatic heterocycles. The highest BCUT2D eigenvalue weighted by molar-refractivity contribution is 5.95. The van der Waals surface area contributed by atoms with Crippen LogP contribution in [0.5, 0.6) is 11.5 Å². The van der Waals surface area contributed by atoms with Crippen LogP contribution in [0.4, 0.5) is 0 Å². The summed E-state index contributed by atoms with van der Waals surface area (Å²) in [6, 6.07) is 13.9. The van der Waals surface area contributed by atoms with Crippen molar-refractivity contribution in [3.63, 3.8) is 0 Å². The SMILES string of the molecule is CCCCOc1ccc(C(=O)NCC(C)NC(=O)c2ccc(OCCCC)cc2)cc1. The first kappa shape index (κ1) is 24.3. The van der Waals surface area contributed by atoms with Crippen molar-refractivity contribution >= 4 is 11.8 Å². The summed E-state index contributed by atoms with van der Waals surface area (Å²) in [6.45, 7) is 7.75. The van der Waals surface area contributed by atoms with Crippen molar-refractivity contribution in [2.75, 3.05) is 19.8 Å². The number of nitrogens with one attached hydrogen (secondary N) is 2. The minimum Gasteiger partial charge on any atom is -0.494 e. The molecule has 168 valence electrons. The van der Waals surface area contributed by atoms with Crippen molar-refractivity contribution in [1.29, 1.82) is 0 Å². The lowest BCUT2D eigenvalue weighted by molar-refractivity contribution is 0.0912. The largest absolute Gasteiger partial charge is 0.494 e. The summed E-state index contributed by atoms with van der Waals surface area (Å²) >= 11 is 0. The van der Waals surface area contributed by atoms with Crippen LogP contribution in [-0.2, 0) is 0 Å². The molecule has 0 saturated carbocycles. The van der Waals surface area contributed by atoms with E-state index in [1.54, 1.807) is 48.5 Å². The summed E-state index contributed by atoms with van der Waals surface area (Å²) in [4.78, 5) is 24.8. The van der Waals surface area contributed by atoms with E-state index in [-0.39, 0.29) is 17.9 Å². The van der Waals surface area contributed by atoms with E-state index in [2.05, 4.69) is 24.5 Å². The highest BCUT2D eigenvalue weighted by Gasteiger charge is 2.12. The van der Waals surface area contributed by atoms with E-state index in [1.165, 1.54) is 0 Å². The monoisotopic (exact) mass is 426 g/mol. The van der Waals surface area contributed by atoms with Gasteiger partial charge in [-0.15, -0.1) is 0 Å². The molecule has 0 aliphatic rings. The van der Waals surface area contributed by atoms with Crippen LogP contribution in [0.2, 0.25) is 0 Å². The predicted octanol–water partition coefficient (Wildman–Crippen LogP) is 4.59. The third-order valence-electron chi connectivity index (χ3n) is 4.71. The molecular formula is C25H34N2O4. The van der Waals surface area contributed by atoms with E-state index in [9.17, 15) is 9.59 Å². The van der Waals surface area contributed by atoms with Crippen molar-refractivity contribution in [3.05, 3.63) is 59.7 Å². The van der Waals surface area contributed by atoms with Crippen molar-refractivity contribution in [1.82, 2.24) is 10.6 Å². The molecule has 2 amide bonds. The molecule has 6 heteroatoms.